The molecule has 1 aromatic heterocycles. The van der Waals surface area contributed by atoms with Crippen LogP contribution >= 0.6 is 23.1 Å². The van der Waals surface area contributed by atoms with Gasteiger partial charge >= 0.3 is 0 Å². The standard InChI is InChI=1S/C14H22N2O2S3/c1-21(17,18)14-10-19-7-6-16(14)9-13-5-4-12(20-13)8-15-11-2-3-11/h4-5,11,14-15H,2-3,6-10H2,1H3. The van der Waals surface area contributed by atoms with Gasteiger partial charge in [0.2, 0.25) is 0 Å². The molecule has 2 fully saturated rings. The Morgan fingerprint density at radius 1 is 1.33 bits per heavy atom. The fourth-order valence-corrected chi connectivity index (χ4v) is 6.46. The lowest BCUT2D eigenvalue weighted by molar-refractivity contribution is 0.264. The molecule has 0 amide bonds. The molecule has 0 radical (unpaired) electrons. The first-order valence-corrected chi connectivity index (χ1v) is 11.3. The Bertz CT molecular complexity index is 581. The van der Waals surface area contributed by atoms with Crippen LogP contribution in [0, 0.1) is 0 Å². The van der Waals surface area contributed by atoms with Crippen molar-refractivity contribution >= 4 is 32.9 Å². The van der Waals surface area contributed by atoms with Crippen molar-refractivity contribution in [1.82, 2.24) is 10.2 Å². The van der Waals surface area contributed by atoms with Gasteiger partial charge in [-0.3, -0.25) is 4.90 Å². The molecular weight excluding hydrogens is 324 g/mol. The van der Waals surface area contributed by atoms with Crippen LogP contribution in [0.25, 0.3) is 0 Å². The van der Waals surface area contributed by atoms with Gasteiger partial charge in [-0.1, -0.05) is 0 Å². The van der Waals surface area contributed by atoms with Crippen LogP contribution in [0.3, 0.4) is 0 Å². The number of rotatable bonds is 6. The number of nitrogens with one attached hydrogen (secondary N) is 1. The lowest BCUT2D eigenvalue weighted by atomic mass is 10.3. The Morgan fingerprint density at radius 2 is 2.10 bits per heavy atom. The lowest BCUT2D eigenvalue weighted by Gasteiger charge is -2.33. The van der Waals surface area contributed by atoms with Gasteiger partial charge in [-0.05, 0) is 25.0 Å². The van der Waals surface area contributed by atoms with Gasteiger partial charge < -0.3 is 5.32 Å². The summed E-state index contributed by atoms with van der Waals surface area (Å²) in [5.41, 5.74) is 0. The maximum atomic E-state index is 11.9. The van der Waals surface area contributed by atoms with Crippen molar-refractivity contribution in [2.45, 2.75) is 37.3 Å². The first-order chi connectivity index (χ1) is 10.0. The Hall–Kier alpha value is -0.0800. The summed E-state index contributed by atoms with van der Waals surface area (Å²) in [5, 5.41) is 3.19. The molecule has 4 nitrogen and oxygen atoms in total. The third-order valence-electron chi connectivity index (χ3n) is 3.90. The van der Waals surface area contributed by atoms with Crippen LogP contribution in [-0.4, -0.2) is 49.0 Å². The number of thiophene rings is 1. The van der Waals surface area contributed by atoms with Gasteiger partial charge in [-0.2, -0.15) is 11.8 Å². The molecule has 118 valence electrons. The van der Waals surface area contributed by atoms with E-state index in [0.29, 0.717) is 5.75 Å². The molecule has 1 aliphatic heterocycles. The summed E-state index contributed by atoms with van der Waals surface area (Å²) in [5.74, 6) is 1.72. The molecule has 1 aliphatic carbocycles. The van der Waals surface area contributed by atoms with Gasteiger partial charge in [0.1, 0.15) is 5.37 Å². The summed E-state index contributed by atoms with van der Waals surface area (Å²) in [7, 11) is -3.00. The number of nitrogens with zero attached hydrogens (tertiary/aromatic N) is 1. The smallest absolute Gasteiger partial charge is 0.164 e. The Morgan fingerprint density at radius 3 is 2.81 bits per heavy atom. The third kappa shape index (κ3) is 4.45. The molecule has 1 N–H and O–H groups in total. The zero-order valence-electron chi connectivity index (χ0n) is 12.2. The van der Waals surface area contributed by atoms with E-state index in [1.807, 2.05) is 0 Å². The summed E-state index contributed by atoms with van der Waals surface area (Å²) in [4.78, 5) is 4.73. The van der Waals surface area contributed by atoms with Gasteiger partial charge in [-0.25, -0.2) is 8.42 Å². The van der Waals surface area contributed by atoms with E-state index in [1.165, 1.54) is 28.9 Å². The predicted octanol–water partition coefficient (Wildman–Crippen LogP) is 1.92. The zero-order valence-corrected chi connectivity index (χ0v) is 14.7. The van der Waals surface area contributed by atoms with Crippen LogP contribution in [0.1, 0.15) is 22.6 Å². The Labute approximate surface area is 135 Å². The first-order valence-electron chi connectivity index (χ1n) is 7.34. The van der Waals surface area contributed by atoms with Crippen LogP contribution in [-0.2, 0) is 22.9 Å². The van der Waals surface area contributed by atoms with E-state index in [4.69, 9.17) is 0 Å². The summed E-state index contributed by atoms with van der Waals surface area (Å²) >= 11 is 3.54. The average molecular weight is 347 g/mol. The van der Waals surface area contributed by atoms with E-state index in [2.05, 4.69) is 22.3 Å². The van der Waals surface area contributed by atoms with Crippen molar-refractivity contribution in [3.63, 3.8) is 0 Å². The topological polar surface area (TPSA) is 49.4 Å². The molecule has 7 heteroatoms. The lowest BCUT2D eigenvalue weighted by Crippen LogP contribution is -2.46. The average Bonchev–Trinajstić information content (AvgIpc) is 3.16. The molecular formula is C14H22N2O2S3. The quantitative estimate of drug-likeness (QED) is 0.853. The number of hydrogen-bond acceptors (Lipinski definition) is 6. The van der Waals surface area contributed by atoms with Gasteiger partial charge in [0, 0.05) is 53.2 Å². The normalized spacial score (nSPS) is 24.3. The number of sulfone groups is 1. The second-order valence-electron chi connectivity index (χ2n) is 5.85. The van der Waals surface area contributed by atoms with Gasteiger partial charge in [0.05, 0.1) is 0 Å². The molecule has 0 bridgehead atoms. The summed E-state index contributed by atoms with van der Waals surface area (Å²) in [6.45, 7) is 2.56. The molecule has 3 rings (SSSR count). The fraction of sp³-hybridized carbons (Fsp3) is 0.714. The van der Waals surface area contributed by atoms with Crippen LogP contribution in [0.5, 0.6) is 0 Å². The minimum absolute atomic E-state index is 0.327. The predicted molar refractivity (Wildman–Crippen MR) is 90.5 cm³/mol. The number of hydrogen-bond donors (Lipinski definition) is 1. The van der Waals surface area contributed by atoms with Crippen molar-refractivity contribution in [3.8, 4) is 0 Å². The van der Waals surface area contributed by atoms with E-state index in [-0.39, 0.29) is 5.37 Å². The highest BCUT2D eigenvalue weighted by Gasteiger charge is 2.31. The van der Waals surface area contributed by atoms with E-state index in [1.54, 1.807) is 23.1 Å². The largest absolute Gasteiger partial charge is 0.309 e. The Balaban J connectivity index is 1.61. The maximum absolute atomic E-state index is 11.9. The molecule has 1 saturated heterocycles. The molecule has 21 heavy (non-hydrogen) atoms. The molecule has 2 aliphatic rings. The van der Waals surface area contributed by atoms with Crippen LogP contribution in [0.15, 0.2) is 12.1 Å². The second kappa shape index (κ2) is 6.58. The van der Waals surface area contributed by atoms with Gasteiger partial charge in [0.25, 0.3) is 0 Å². The highest BCUT2D eigenvalue weighted by atomic mass is 32.2. The van der Waals surface area contributed by atoms with Crippen molar-refractivity contribution in [3.05, 3.63) is 21.9 Å². The summed E-state index contributed by atoms with van der Waals surface area (Å²) in [6, 6.07) is 5.04. The summed E-state index contributed by atoms with van der Waals surface area (Å²) in [6.07, 6.45) is 3.97. The SMILES string of the molecule is CS(=O)(=O)C1CSCCN1Cc1ccc(CNC2CC2)s1. The number of thioether (sulfide) groups is 1. The highest BCUT2D eigenvalue weighted by molar-refractivity contribution is 8.00. The monoisotopic (exact) mass is 346 g/mol. The molecule has 1 unspecified atom stereocenters. The third-order valence-corrected chi connectivity index (χ3v) is 7.66. The van der Waals surface area contributed by atoms with Crippen molar-refractivity contribution in [1.29, 1.82) is 0 Å². The second-order valence-corrected chi connectivity index (χ2v) is 10.5. The molecule has 0 aromatic carbocycles. The zero-order chi connectivity index (χ0) is 14.9. The van der Waals surface area contributed by atoms with Crippen molar-refractivity contribution in [2.24, 2.45) is 0 Å². The summed E-state index contributed by atoms with van der Waals surface area (Å²) < 4.78 is 23.8. The fourth-order valence-electron chi connectivity index (χ4n) is 2.53. The van der Waals surface area contributed by atoms with E-state index in [0.717, 1.165) is 31.4 Å². The van der Waals surface area contributed by atoms with Crippen LogP contribution < -0.4 is 5.32 Å². The van der Waals surface area contributed by atoms with Crippen LogP contribution in [0.2, 0.25) is 0 Å². The molecule has 1 saturated carbocycles. The minimum Gasteiger partial charge on any atom is -0.309 e. The maximum Gasteiger partial charge on any atom is 0.164 e. The highest BCUT2D eigenvalue weighted by Crippen LogP contribution is 2.26. The van der Waals surface area contributed by atoms with Crippen LogP contribution in [0.4, 0.5) is 0 Å². The van der Waals surface area contributed by atoms with E-state index < -0.39 is 9.84 Å². The van der Waals surface area contributed by atoms with E-state index >= 15 is 0 Å². The molecule has 1 aromatic rings. The van der Waals surface area contributed by atoms with Crippen molar-refractivity contribution in [2.75, 3.05) is 24.3 Å². The van der Waals surface area contributed by atoms with Crippen molar-refractivity contribution < 1.29 is 8.42 Å². The first kappa shape index (κ1) is 15.8. The molecule has 0 spiro atoms. The molecule has 2 heterocycles. The van der Waals surface area contributed by atoms with Gasteiger partial charge in [-0.15, -0.1) is 11.3 Å². The van der Waals surface area contributed by atoms with E-state index in [9.17, 15) is 8.42 Å². The van der Waals surface area contributed by atoms with Gasteiger partial charge in [0.15, 0.2) is 9.84 Å². The molecule has 1 atom stereocenters. The minimum atomic E-state index is -3.00. The Kier molecular flexibility index (Phi) is 4.95.